The SMILES string of the molecule is C=CC(=O)N1CCN(C2NC(=O)N3C4NC(C(F)CC42)C2CC(CCC2F)NC/C=C/CC2CCNC(C(C)C)C23)[C@@H](C)C1. The van der Waals surface area contributed by atoms with Gasteiger partial charge in [0.1, 0.15) is 12.3 Å². The van der Waals surface area contributed by atoms with Crippen molar-refractivity contribution in [3.8, 4) is 0 Å². The van der Waals surface area contributed by atoms with Crippen LogP contribution in [0.5, 0.6) is 0 Å². The molecule has 1 saturated carbocycles. The van der Waals surface area contributed by atoms with Gasteiger partial charge in [-0.15, -0.1) is 0 Å². The zero-order chi connectivity index (χ0) is 31.1. The number of piperazine rings is 1. The number of fused-ring (bicyclic) bond motifs is 6. The Morgan fingerprint density at radius 1 is 1.05 bits per heavy atom. The van der Waals surface area contributed by atoms with Crippen LogP contribution in [0.15, 0.2) is 24.8 Å². The second-order valence-corrected chi connectivity index (χ2v) is 14.5. The summed E-state index contributed by atoms with van der Waals surface area (Å²) in [5.74, 6) is -0.261. The number of nitrogens with one attached hydrogen (secondary N) is 4. The van der Waals surface area contributed by atoms with Crippen LogP contribution in [0.2, 0.25) is 0 Å². The summed E-state index contributed by atoms with van der Waals surface area (Å²) in [6.45, 7) is 13.3. The molecular weight excluding hydrogens is 564 g/mol. The lowest BCUT2D eigenvalue weighted by Crippen LogP contribution is -2.79. The van der Waals surface area contributed by atoms with E-state index >= 15 is 8.78 Å². The maximum Gasteiger partial charge on any atom is 0.320 e. The van der Waals surface area contributed by atoms with E-state index in [2.05, 4.69) is 65.7 Å². The summed E-state index contributed by atoms with van der Waals surface area (Å²) >= 11 is 0. The van der Waals surface area contributed by atoms with Crippen molar-refractivity contribution < 1.29 is 18.4 Å². The molecule has 0 radical (unpaired) electrons. The Morgan fingerprint density at radius 3 is 2.61 bits per heavy atom. The lowest BCUT2D eigenvalue weighted by Gasteiger charge is -2.60. The summed E-state index contributed by atoms with van der Waals surface area (Å²) in [4.78, 5) is 32.9. The number of hydrogen-bond acceptors (Lipinski definition) is 6. The van der Waals surface area contributed by atoms with Crippen LogP contribution in [-0.4, -0.2) is 114 Å². The molecule has 4 saturated heterocycles. The van der Waals surface area contributed by atoms with Crippen molar-refractivity contribution in [2.45, 2.75) is 114 Å². The predicted octanol–water partition coefficient (Wildman–Crippen LogP) is 2.76. The van der Waals surface area contributed by atoms with E-state index in [4.69, 9.17) is 0 Å². The molecule has 3 amide bonds. The van der Waals surface area contributed by atoms with Crippen LogP contribution in [0.25, 0.3) is 0 Å². The summed E-state index contributed by atoms with van der Waals surface area (Å²) in [5.41, 5.74) is 0. The molecule has 5 heterocycles. The summed E-state index contributed by atoms with van der Waals surface area (Å²) in [7, 11) is 0. The van der Waals surface area contributed by atoms with Gasteiger partial charge >= 0.3 is 6.03 Å². The van der Waals surface area contributed by atoms with Gasteiger partial charge in [0.2, 0.25) is 5.91 Å². The number of piperidine rings is 2. The predicted molar refractivity (Wildman–Crippen MR) is 167 cm³/mol. The molecule has 0 aromatic heterocycles. The molecule has 9 nitrogen and oxygen atoms in total. The molecule has 11 unspecified atom stereocenters. The minimum atomic E-state index is -1.23. The number of urea groups is 1. The highest BCUT2D eigenvalue weighted by Crippen LogP contribution is 2.42. The quantitative estimate of drug-likeness (QED) is 0.288. The maximum atomic E-state index is 16.5. The molecule has 4 bridgehead atoms. The molecule has 6 aliphatic rings. The second kappa shape index (κ2) is 13.3. The fourth-order valence-corrected chi connectivity index (χ4v) is 9.36. The van der Waals surface area contributed by atoms with E-state index in [0.29, 0.717) is 32.5 Å². The number of carbonyl (C=O) groups is 2. The van der Waals surface area contributed by atoms with Crippen LogP contribution in [-0.2, 0) is 4.79 Å². The van der Waals surface area contributed by atoms with Crippen LogP contribution in [0.4, 0.5) is 13.6 Å². The Kier molecular flexibility index (Phi) is 9.67. The first kappa shape index (κ1) is 31.9. The van der Waals surface area contributed by atoms with Gasteiger partial charge in [0, 0.05) is 62.2 Å². The van der Waals surface area contributed by atoms with Gasteiger partial charge in [-0.3, -0.25) is 15.0 Å². The highest BCUT2D eigenvalue weighted by Gasteiger charge is 2.56. The molecule has 246 valence electrons. The first-order chi connectivity index (χ1) is 21.2. The van der Waals surface area contributed by atoms with Crippen LogP contribution < -0.4 is 21.3 Å². The fraction of sp³-hybridized carbons (Fsp3) is 0.818. The van der Waals surface area contributed by atoms with Gasteiger partial charge < -0.3 is 25.8 Å². The number of carbonyl (C=O) groups excluding carboxylic acids is 2. The van der Waals surface area contributed by atoms with Crippen LogP contribution >= 0.6 is 0 Å². The van der Waals surface area contributed by atoms with E-state index in [1.807, 2.05) is 4.90 Å². The van der Waals surface area contributed by atoms with E-state index in [1.54, 1.807) is 4.90 Å². The number of nitrogens with zero attached hydrogens (tertiary/aromatic N) is 3. The summed E-state index contributed by atoms with van der Waals surface area (Å²) in [5, 5.41) is 14.3. The standard InChI is InChI=1S/C33H53F2N7O2/c1-5-27(43)40-14-15-41(20(4)18-40)31-24-17-26(35)29-23-16-22(9-10-25(23)34)36-12-7-6-8-21-11-13-37-28(19(2)3)30(21)42(32(24)38-29)33(44)39-31/h5-7,19-26,28-32,36-38H,1,8-18H2,2-4H3,(H,39,44)/b7-6+/t20-,21?,22?,23?,24?,25?,26?,28?,29?,30?,31?,32?/m0/s1. The topological polar surface area (TPSA) is 92.0 Å². The summed E-state index contributed by atoms with van der Waals surface area (Å²) in [6, 6.07) is -0.692. The Labute approximate surface area is 261 Å². The van der Waals surface area contributed by atoms with Crippen LogP contribution in [0.3, 0.4) is 0 Å². The fourth-order valence-electron chi connectivity index (χ4n) is 9.36. The van der Waals surface area contributed by atoms with Crippen molar-refractivity contribution in [2.75, 3.05) is 32.7 Å². The highest BCUT2D eigenvalue weighted by molar-refractivity contribution is 5.87. The molecule has 11 heteroatoms. The molecule has 6 rings (SSSR count). The van der Waals surface area contributed by atoms with E-state index in [-0.39, 0.29) is 66.4 Å². The van der Waals surface area contributed by atoms with Gasteiger partial charge in [-0.2, -0.15) is 0 Å². The zero-order valence-corrected chi connectivity index (χ0v) is 26.6. The first-order valence-corrected chi connectivity index (χ1v) is 17.1. The molecule has 0 aromatic carbocycles. The minimum Gasteiger partial charge on any atom is -0.336 e. The van der Waals surface area contributed by atoms with Crippen molar-refractivity contribution in [2.24, 2.45) is 23.7 Å². The van der Waals surface area contributed by atoms with Crippen molar-refractivity contribution in [3.63, 3.8) is 0 Å². The van der Waals surface area contributed by atoms with Gasteiger partial charge in [-0.1, -0.05) is 32.6 Å². The van der Waals surface area contributed by atoms with Crippen molar-refractivity contribution in [1.29, 1.82) is 0 Å². The second-order valence-electron chi connectivity index (χ2n) is 14.5. The lowest BCUT2D eigenvalue weighted by atomic mass is 9.72. The largest absolute Gasteiger partial charge is 0.336 e. The Morgan fingerprint density at radius 2 is 1.86 bits per heavy atom. The van der Waals surface area contributed by atoms with Gasteiger partial charge in [0.15, 0.2) is 0 Å². The molecule has 4 N–H and O–H groups in total. The minimum absolute atomic E-state index is 0.0307. The molecule has 0 aromatic rings. The molecule has 5 aliphatic heterocycles. The first-order valence-electron chi connectivity index (χ1n) is 17.1. The average molecular weight is 618 g/mol. The molecular formula is C33H53F2N7O2. The maximum absolute atomic E-state index is 16.5. The third-order valence-corrected chi connectivity index (χ3v) is 11.6. The van der Waals surface area contributed by atoms with Gasteiger partial charge in [0.25, 0.3) is 0 Å². The van der Waals surface area contributed by atoms with Crippen LogP contribution in [0.1, 0.15) is 59.3 Å². The highest BCUT2D eigenvalue weighted by atomic mass is 19.1. The van der Waals surface area contributed by atoms with Gasteiger partial charge in [-0.05, 0) is 69.9 Å². The third-order valence-electron chi connectivity index (χ3n) is 11.6. The molecule has 12 atom stereocenters. The molecule has 5 fully saturated rings. The summed E-state index contributed by atoms with van der Waals surface area (Å²) < 4.78 is 32.1. The molecule has 1 aliphatic carbocycles. The van der Waals surface area contributed by atoms with E-state index < -0.39 is 30.5 Å². The van der Waals surface area contributed by atoms with Crippen LogP contribution in [0, 0.1) is 23.7 Å². The zero-order valence-electron chi connectivity index (χ0n) is 26.6. The number of allylic oxidation sites excluding steroid dienone is 1. The number of hydrogen-bond donors (Lipinski definition) is 4. The number of halogens is 2. The number of alkyl halides is 2. The molecule has 0 spiro atoms. The molecule has 44 heavy (non-hydrogen) atoms. The van der Waals surface area contributed by atoms with Crippen molar-refractivity contribution in [1.82, 2.24) is 36.0 Å². The Hall–Kier alpha value is -2.08. The average Bonchev–Trinajstić information content (AvgIpc) is 3.00. The third kappa shape index (κ3) is 6.06. The monoisotopic (exact) mass is 617 g/mol. The van der Waals surface area contributed by atoms with E-state index in [9.17, 15) is 9.59 Å². The van der Waals surface area contributed by atoms with E-state index in [0.717, 1.165) is 32.4 Å². The number of amides is 3. The van der Waals surface area contributed by atoms with Gasteiger partial charge in [0.05, 0.1) is 18.4 Å². The Bertz CT molecular complexity index is 1090. The normalized spacial score (nSPS) is 44.3. The smallest absolute Gasteiger partial charge is 0.320 e. The number of rotatable bonds is 3. The lowest BCUT2D eigenvalue weighted by molar-refractivity contribution is -0.132. The van der Waals surface area contributed by atoms with Gasteiger partial charge in [-0.25, -0.2) is 13.6 Å². The van der Waals surface area contributed by atoms with Crippen molar-refractivity contribution in [3.05, 3.63) is 24.8 Å². The summed E-state index contributed by atoms with van der Waals surface area (Å²) in [6.07, 6.45) is 6.47. The van der Waals surface area contributed by atoms with Crippen molar-refractivity contribution >= 4 is 11.9 Å². The van der Waals surface area contributed by atoms with E-state index in [1.165, 1.54) is 6.08 Å². The Balaban J connectivity index is 1.38.